The van der Waals surface area contributed by atoms with Crippen molar-refractivity contribution in [1.29, 1.82) is 0 Å². The van der Waals surface area contributed by atoms with E-state index in [1.54, 1.807) is 32.4 Å². The van der Waals surface area contributed by atoms with E-state index in [1.165, 1.54) is 7.11 Å². The molecule has 0 heterocycles. The van der Waals surface area contributed by atoms with Gasteiger partial charge in [-0.25, -0.2) is 0 Å². The highest BCUT2D eigenvalue weighted by Gasteiger charge is 2.16. The van der Waals surface area contributed by atoms with Gasteiger partial charge in [0.15, 0.2) is 11.5 Å². The van der Waals surface area contributed by atoms with Gasteiger partial charge in [0.2, 0.25) is 11.7 Å². The van der Waals surface area contributed by atoms with E-state index in [0.29, 0.717) is 29.4 Å². The van der Waals surface area contributed by atoms with E-state index in [0.717, 1.165) is 5.56 Å². The fraction of sp³-hybridized carbons (Fsp3) is 0.278. The van der Waals surface area contributed by atoms with E-state index in [-0.39, 0.29) is 28.1 Å². The van der Waals surface area contributed by atoms with Crippen molar-refractivity contribution < 1.29 is 19.0 Å². The molecule has 0 radical (unpaired) electrons. The van der Waals surface area contributed by atoms with Crippen molar-refractivity contribution in [3.63, 3.8) is 0 Å². The molecule has 0 aliphatic carbocycles. The summed E-state index contributed by atoms with van der Waals surface area (Å²) in [5, 5.41) is 3.32. The third-order valence-electron chi connectivity index (χ3n) is 3.77. The molecule has 0 aliphatic heterocycles. The van der Waals surface area contributed by atoms with Crippen LogP contribution in [0.4, 0.5) is 11.4 Å². The number of benzene rings is 2. The Kier molecular flexibility index (Phi) is 6.83. The fourth-order valence-corrected chi connectivity index (χ4v) is 2.98. The van der Waals surface area contributed by atoms with Crippen molar-refractivity contribution in [2.45, 2.75) is 12.8 Å². The number of anilines is 2. The smallest absolute Gasteiger partial charge is 0.224 e. The van der Waals surface area contributed by atoms with E-state index in [2.05, 4.69) is 5.32 Å². The van der Waals surface area contributed by atoms with Gasteiger partial charge in [0.05, 0.1) is 37.1 Å². The summed E-state index contributed by atoms with van der Waals surface area (Å²) >= 11 is 11.9. The van der Waals surface area contributed by atoms with Crippen LogP contribution in [-0.4, -0.2) is 27.2 Å². The lowest BCUT2D eigenvalue weighted by Crippen LogP contribution is -2.13. The second-order valence-electron chi connectivity index (χ2n) is 5.40. The van der Waals surface area contributed by atoms with Crippen molar-refractivity contribution in [3.05, 3.63) is 39.9 Å². The molecule has 0 spiro atoms. The highest BCUT2D eigenvalue weighted by Crippen LogP contribution is 2.40. The van der Waals surface area contributed by atoms with E-state index in [9.17, 15) is 4.79 Å². The number of carbonyl (C=O) groups is 1. The van der Waals surface area contributed by atoms with Crippen LogP contribution in [0.1, 0.15) is 12.0 Å². The summed E-state index contributed by atoms with van der Waals surface area (Å²) in [7, 11) is 4.62. The van der Waals surface area contributed by atoms with Gasteiger partial charge in [-0.05, 0) is 30.2 Å². The molecule has 0 saturated heterocycles. The van der Waals surface area contributed by atoms with Gasteiger partial charge in [-0.2, -0.15) is 0 Å². The van der Waals surface area contributed by atoms with Gasteiger partial charge in [0.25, 0.3) is 0 Å². The summed E-state index contributed by atoms with van der Waals surface area (Å²) in [4.78, 5) is 12.2. The van der Waals surface area contributed by atoms with Gasteiger partial charge >= 0.3 is 0 Å². The van der Waals surface area contributed by atoms with Gasteiger partial charge in [-0.1, -0.05) is 29.3 Å². The van der Waals surface area contributed by atoms with E-state index in [1.807, 2.05) is 6.07 Å². The Morgan fingerprint density at radius 3 is 2.19 bits per heavy atom. The van der Waals surface area contributed by atoms with Crippen LogP contribution < -0.4 is 25.3 Å². The lowest BCUT2D eigenvalue weighted by molar-refractivity contribution is -0.116. The zero-order chi connectivity index (χ0) is 19.3. The van der Waals surface area contributed by atoms with E-state index < -0.39 is 0 Å². The molecule has 0 aromatic heterocycles. The summed E-state index contributed by atoms with van der Waals surface area (Å²) in [6.07, 6.45) is 0.678. The predicted molar refractivity (Wildman–Crippen MR) is 104 cm³/mol. The van der Waals surface area contributed by atoms with Crippen molar-refractivity contribution in [2.75, 3.05) is 32.4 Å². The van der Waals surface area contributed by atoms with Crippen LogP contribution in [0.15, 0.2) is 24.3 Å². The summed E-state index contributed by atoms with van der Waals surface area (Å²) in [5.74, 6) is 1.39. The fourth-order valence-electron chi connectivity index (χ4n) is 2.49. The van der Waals surface area contributed by atoms with Crippen LogP contribution in [0.3, 0.4) is 0 Å². The van der Waals surface area contributed by atoms with Gasteiger partial charge in [0, 0.05) is 12.1 Å². The Morgan fingerprint density at radius 1 is 1.04 bits per heavy atom. The Hall–Kier alpha value is -2.31. The Morgan fingerprint density at radius 2 is 1.65 bits per heavy atom. The molecule has 0 atom stereocenters. The minimum Gasteiger partial charge on any atom is -0.493 e. The molecule has 2 rings (SSSR count). The van der Waals surface area contributed by atoms with Crippen molar-refractivity contribution >= 4 is 40.5 Å². The number of hydrogen-bond donors (Lipinski definition) is 2. The second-order valence-corrected chi connectivity index (χ2v) is 6.21. The molecule has 26 heavy (non-hydrogen) atoms. The average molecular weight is 399 g/mol. The first-order chi connectivity index (χ1) is 12.4. The number of rotatable bonds is 7. The van der Waals surface area contributed by atoms with Crippen molar-refractivity contribution in [1.82, 2.24) is 0 Å². The lowest BCUT2D eigenvalue weighted by atomic mass is 10.1. The number of aryl methyl sites for hydroxylation is 1. The third kappa shape index (κ3) is 4.45. The number of methoxy groups -OCH3 is 3. The van der Waals surface area contributed by atoms with Crippen molar-refractivity contribution in [3.8, 4) is 17.2 Å². The number of carbonyl (C=O) groups excluding carboxylic acids is 1. The molecule has 140 valence electrons. The van der Waals surface area contributed by atoms with Crippen LogP contribution in [0, 0.1) is 0 Å². The number of nitrogen functional groups attached to an aromatic ring is 1. The van der Waals surface area contributed by atoms with Crippen molar-refractivity contribution in [2.24, 2.45) is 0 Å². The number of nitrogens with two attached hydrogens (primary N) is 1. The molecule has 2 aromatic rings. The zero-order valence-corrected chi connectivity index (χ0v) is 16.2. The highest BCUT2D eigenvalue weighted by molar-refractivity contribution is 6.39. The second kappa shape index (κ2) is 8.87. The normalized spacial score (nSPS) is 10.3. The molecule has 0 bridgehead atoms. The number of nitrogens with one attached hydrogen (secondary N) is 1. The van der Waals surface area contributed by atoms with Crippen LogP contribution in [0.2, 0.25) is 10.0 Å². The molecule has 0 aliphatic rings. The molecule has 8 heteroatoms. The Bertz CT molecular complexity index is 789. The molecule has 2 aromatic carbocycles. The summed E-state index contributed by atoms with van der Waals surface area (Å²) in [6.45, 7) is 0. The number of ether oxygens (including phenoxy) is 3. The van der Waals surface area contributed by atoms with Gasteiger partial charge in [0.1, 0.15) is 0 Å². The largest absolute Gasteiger partial charge is 0.493 e. The minimum atomic E-state index is -0.196. The first-order valence-corrected chi connectivity index (χ1v) is 8.49. The topological polar surface area (TPSA) is 82.8 Å². The standard InChI is InChI=1S/C18H20Cl2N2O4/c1-24-14-6-4-10(17(25-2)18(14)26-3)5-7-15(23)22-11-8-12(19)16(21)13(20)9-11/h4,6,8-9H,5,7,21H2,1-3H3,(H,22,23). The van der Waals surface area contributed by atoms with E-state index >= 15 is 0 Å². The molecule has 0 saturated carbocycles. The van der Waals surface area contributed by atoms with Gasteiger partial charge < -0.3 is 25.3 Å². The molecule has 0 unspecified atom stereocenters. The Balaban J connectivity index is 2.10. The first kappa shape index (κ1) is 20.0. The van der Waals surface area contributed by atoms with E-state index in [4.69, 9.17) is 43.1 Å². The zero-order valence-electron chi connectivity index (χ0n) is 14.7. The predicted octanol–water partition coefficient (Wildman–Crippen LogP) is 4.17. The molecular weight excluding hydrogens is 379 g/mol. The molecule has 0 fully saturated rings. The maximum atomic E-state index is 12.2. The average Bonchev–Trinajstić information content (AvgIpc) is 2.63. The first-order valence-electron chi connectivity index (χ1n) is 7.73. The monoisotopic (exact) mass is 398 g/mol. The minimum absolute atomic E-state index is 0.196. The maximum Gasteiger partial charge on any atom is 0.224 e. The number of halogens is 2. The molecule has 6 nitrogen and oxygen atoms in total. The number of hydrogen-bond acceptors (Lipinski definition) is 5. The molecular formula is C18H20Cl2N2O4. The summed E-state index contributed by atoms with van der Waals surface area (Å²) in [5.41, 5.74) is 7.28. The Labute approximate surface area is 162 Å². The van der Waals surface area contributed by atoms with Gasteiger partial charge in [-0.15, -0.1) is 0 Å². The van der Waals surface area contributed by atoms with Crippen LogP contribution in [0.5, 0.6) is 17.2 Å². The van der Waals surface area contributed by atoms with Crippen LogP contribution >= 0.6 is 23.2 Å². The highest BCUT2D eigenvalue weighted by atomic mass is 35.5. The van der Waals surface area contributed by atoms with Crippen LogP contribution in [0.25, 0.3) is 0 Å². The van der Waals surface area contributed by atoms with Gasteiger partial charge in [-0.3, -0.25) is 4.79 Å². The SMILES string of the molecule is COc1ccc(CCC(=O)Nc2cc(Cl)c(N)c(Cl)c2)c(OC)c1OC. The quantitative estimate of drug-likeness (QED) is 0.683. The maximum absolute atomic E-state index is 12.2. The summed E-state index contributed by atoms with van der Waals surface area (Å²) in [6, 6.07) is 6.72. The summed E-state index contributed by atoms with van der Waals surface area (Å²) < 4.78 is 16.0. The molecule has 1 amide bonds. The van der Waals surface area contributed by atoms with Crippen LogP contribution in [-0.2, 0) is 11.2 Å². The molecule has 3 N–H and O–H groups in total. The lowest BCUT2D eigenvalue weighted by Gasteiger charge is -2.15. The third-order valence-corrected chi connectivity index (χ3v) is 4.40. The number of amides is 1.